The van der Waals surface area contributed by atoms with E-state index in [0.29, 0.717) is 0 Å². The molecule has 0 fully saturated rings. The molecule has 88 valence electrons. The van der Waals surface area contributed by atoms with Gasteiger partial charge in [0.1, 0.15) is 0 Å². The van der Waals surface area contributed by atoms with E-state index in [4.69, 9.17) is 0 Å². The zero-order valence-electron chi connectivity index (χ0n) is 10.2. The molecule has 0 aliphatic heterocycles. The van der Waals surface area contributed by atoms with Gasteiger partial charge in [0.05, 0.1) is 23.5 Å². The standard InChI is InChI=1S/C12H16O4/c1-11(2)7(9(14)16-5)6-8(13)12(3,4)10(11)15/h6H,1-5H3/i5+1. The first-order valence-electron chi connectivity index (χ1n) is 5.05. The lowest BCUT2D eigenvalue weighted by Gasteiger charge is -2.36. The molecule has 0 aromatic rings. The summed E-state index contributed by atoms with van der Waals surface area (Å²) in [5.74, 6) is -1.23. The predicted octanol–water partition coefficient (Wildman–Crippen LogP) is 1.29. The molecule has 0 atom stereocenters. The van der Waals surface area contributed by atoms with Crippen LogP contribution >= 0.6 is 0 Å². The van der Waals surface area contributed by atoms with Crippen LogP contribution in [-0.4, -0.2) is 24.6 Å². The van der Waals surface area contributed by atoms with Crippen molar-refractivity contribution in [2.45, 2.75) is 27.7 Å². The summed E-state index contributed by atoms with van der Waals surface area (Å²) < 4.78 is 4.58. The van der Waals surface area contributed by atoms with E-state index in [0.717, 1.165) is 0 Å². The van der Waals surface area contributed by atoms with Crippen molar-refractivity contribution in [2.24, 2.45) is 10.8 Å². The zero-order chi connectivity index (χ0) is 12.7. The smallest absolute Gasteiger partial charge is 0.334 e. The van der Waals surface area contributed by atoms with E-state index in [-0.39, 0.29) is 17.1 Å². The van der Waals surface area contributed by atoms with Crippen LogP contribution in [0.5, 0.6) is 0 Å². The molecule has 16 heavy (non-hydrogen) atoms. The third kappa shape index (κ3) is 1.58. The molecule has 1 rings (SSSR count). The molecule has 0 bridgehead atoms. The van der Waals surface area contributed by atoms with Crippen molar-refractivity contribution in [3.05, 3.63) is 11.6 Å². The molecule has 0 aromatic carbocycles. The lowest BCUT2D eigenvalue weighted by molar-refractivity contribution is -0.147. The lowest BCUT2D eigenvalue weighted by Crippen LogP contribution is -2.48. The van der Waals surface area contributed by atoms with Gasteiger partial charge in [-0.3, -0.25) is 9.59 Å². The highest BCUT2D eigenvalue weighted by Gasteiger charge is 2.51. The minimum atomic E-state index is -1.07. The quantitative estimate of drug-likeness (QED) is 0.383. The largest absolute Gasteiger partial charge is 0.466 e. The van der Waals surface area contributed by atoms with E-state index in [1.54, 1.807) is 27.7 Å². The van der Waals surface area contributed by atoms with Crippen molar-refractivity contribution in [3.8, 4) is 0 Å². The van der Waals surface area contributed by atoms with Crippen LogP contribution in [0.15, 0.2) is 11.6 Å². The number of carbonyl (C=O) groups excluding carboxylic acids is 3. The molecule has 0 radical (unpaired) electrons. The van der Waals surface area contributed by atoms with Gasteiger partial charge >= 0.3 is 5.97 Å². The normalized spacial score (nSPS) is 22.7. The Bertz CT molecular complexity index is 399. The van der Waals surface area contributed by atoms with Crippen LogP contribution in [0.1, 0.15) is 27.7 Å². The number of ketones is 2. The molecule has 0 spiro atoms. The third-order valence-corrected chi connectivity index (χ3v) is 3.11. The van der Waals surface area contributed by atoms with Crippen LogP contribution in [0.4, 0.5) is 0 Å². The van der Waals surface area contributed by atoms with Gasteiger partial charge in [-0.15, -0.1) is 0 Å². The fraction of sp³-hybridized carbons (Fsp3) is 0.583. The predicted molar refractivity (Wildman–Crippen MR) is 57.7 cm³/mol. The highest BCUT2D eigenvalue weighted by Crippen LogP contribution is 2.41. The van der Waals surface area contributed by atoms with E-state index < -0.39 is 16.8 Å². The van der Waals surface area contributed by atoms with Crippen molar-refractivity contribution in [1.29, 1.82) is 0 Å². The number of hydrogen-bond acceptors (Lipinski definition) is 4. The number of hydrogen-bond donors (Lipinski definition) is 0. The Balaban J connectivity index is 3.37. The summed E-state index contributed by atoms with van der Waals surface area (Å²) in [5, 5.41) is 0. The van der Waals surface area contributed by atoms with Crippen molar-refractivity contribution in [3.63, 3.8) is 0 Å². The summed E-state index contributed by atoms with van der Waals surface area (Å²) in [5.41, 5.74) is -1.92. The molecule has 0 amide bonds. The Hall–Kier alpha value is -1.45. The molecule has 0 N–H and O–H groups in total. The van der Waals surface area contributed by atoms with Crippen LogP contribution in [-0.2, 0) is 19.1 Å². The number of rotatable bonds is 1. The minimum Gasteiger partial charge on any atom is -0.466 e. The Morgan fingerprint density at radius 2 is 1.62 bits per heavy atom. The number of methoxy groups -OCH3 is 1. The molecule has 0 unspecified atom stereocenters. The van der Waals surface area contributed by atoms with Gasteiger partial charge in [-0.2, -0.15) is 0 Å². The van der Waals surface area contributed by atoms with Crippen molar-refractivity contribution in [2.75, 3.05) is 7.11 Å². The molecule has 0 aromatic heterocycles. The summed E-state index contributed by atoms with van der Waals surface area (Å²) in [6.45, 7) is 6.41. The average molecular weight is 225 g/mol. The first-order chi connectivity index (χ1) is 7.15. The maximum atomic E-state index is 12.1. The van der Waals surface area contributed by atoms with E-state index >= 15 is 0 Å². The van der Waals surface area contributed by atoms with Crippen LogP contribution < -0.4 is 0 Å². The lowest BCUT2D eigenvalue weighted by atomic mass is 9.63. The summed E-state index contributed by atoms with van der Waals surface area (Å²) in [4.78, 5) is 35.4. The first kappa shape index (κ1) is 12.6. The van der Waals surface area contributed by atoms with Gasteiger partial charge in [-0.05, 0) is 33.8 Å². The molecule has 1 aliphatic rings. The maximum Gasteiger partial charge on any atom is 0.334 e. The van der Waals surface area contributed by atoms with Crippen molar-refractivity contribution in [1.82, 2.24) is 0 Å². The van der Waals surface area contributed by atoms with Gasteiger partial charge in [0.25, 0.3) is 0 Å². The molecule has 0 heterocycles. The van der Waals surface area contributed by atoms with Gasteiger partial charge in [0, 0.05) is 0 Å². The number of allylic oxidation sites excluding steroid dienone is 1. The fourth-order valence-corrected chi connectivity index (χ4v) is 1.93. The summed E-state index contributed by atoms with van der Waals surface area (Å²) in [6, 6.07) is 0. The number of carbonyl (C=O) groups is 3. The summed E-state index contributed by atoms with van der Waals surface area (Å²) in [7, 11) is 1.23. The monoisotopic (exact) mass is 225 g/mol. The topological polar surface area (TPSA) is 60.4 Å². The van der Waals surface area contributed by atoms with E-state index in [9.17, 15) is 14.4 Å². The maximum absolute atomic E-state index is 12.1. The van der Waals surface area contributed by atoms with Gasteiger partial charge < -0.3 is 4.74 Å². The minimum absolute atomic E-state index is 0.129. The van der Waals surface area contributed by atoms with Crippen LogP contribution in [0.25, 0.3) is 0 Å². The summed E-state index contributed by atoms with van der Waals surface area (Å²) in [6.07, 6.45) is 1.23. The fourth-order valence-electron chi connectivity index (χ4n) is 1.93. The Morgan fingerprint density at radius 1 is 1.12 bits per heavy atom. The van der Waals surface area contributed by atoms with Gasteiger partial charge in [-0.1, -0.05) is 0 Å². The SMILES string of the molecule is CC1(C)C(=O)C=C(C(=O)O[13CH3])C(C)(C)C1=O. The Labute approximate surface area is 94.7 Å². The molecule has 0 saturated carbocycles. The molecule has 4 nitrogen and oxygen atoms in total. The highest BCUT2D eigenvalue weighted by molar-refractivity contribution is 6.21. The van der Waals surface area contributed by atoms with E-state index in [1.807, 2.05) is 0 Å². The summed E-state index contributed by atoms with van der Waals surface area (Å²) >= 11 is 0. The Morgan fingerprint density at radius 3 is 2.06 bits per heavy atom. The average Bonchev–Trinajstić information content (AvgIpc) is 2.21. The molecule has 4 heteroatoms. The third-order valence-electron chi connectivity index (χ3n) is 3.11. The molecular formula is C12H16O4. The molecule has 1 aliphatic carbocycles. The molecule has 0 saturated heterocycles. The van der Waals surface area contributed by atoms with Crippen LogP contribution in [0.3, 0.4) is 0 Å². The van der Waals surface area contributed by atoms with E-state index in [1.165, 1.54) is 13.2 Å². The first-order valence-corrected chi connectivity index (χ1v) is 5.05. The number of Topliss-reactive ketones (excluding diaryl/α,β-unsaturated/α-hetero) is 1. The van der Waals surface area contributed by atoms with Gasteiger partial charge in [-0.25, -0.2) is 4.79 Å². The van der Waals surface area contributed by atoms with Gasteiger partial charge in [0.15, 0.2) is 11.6 Å². The molecular weight excluding hydrogens is 209 g/mol. The highest BCUT2D eigenvalue weighted by atomic mass is 16.6. The van der Waals surface area contributed by atoms with Crippen LogP contribution in [0.2, 0.25) is 0 Å². The Kier molecular flexibility index (Phi) is 2.79. The van der Waals surface area contributed by atoms with Crippen molar-refractivity contribution >= 4 is 17.5 Å². The van der Waals surface area contributed by atoms with Gasteiger partial charge in [0.2, 0.25) is 0 Å². The second-order valence-electron chi connectivity index (χ2n) is 4.99. The van der Waals surface area contributed by atoms with E-state index in [2.05, 4.69) is 4.74 Å². The van der Waals surface area contributed by atoms with Crippen LogP contribution in [0, 0.1) is 10.8 Å². The number of ether oxygens (including phenoxy) is 1. The second kappa shape index (κ2) is 3.54. The second-order valence-corrected chi connectivity index (χ2v) is 4.99. The zero-order valence-corrected chi connectivity index (χ0v) is 10.2. The number of esters is 1. The van der Waals surface area contributed by atoms with Crippen molar-refractivity contribution < 1.29 is 19.1 Å².